The van der Waals surface area contributed by atoms with Crippen molar-refractivity contribution in [2.45, 2.75) is 45.4 Å². The van der Waals surface area contributed by atoms with Crippen molar-refractivity contribution in [3.63, 3.8) is 0 Å². The molecule has 0 N–H and O–H groups in total. The molecule has 2 heterocycles. The monoisotopic (exact) mass is 407 g/mol. The average molecular weight is 407 g/mol. The SMILES string of the molecule is Cc1ccc(C(C)CCN2CC3C(CCc4cccc(OC(F)(F)F)c4)C3C2)o1. The summed E-state index contributed by atoms with van der Waals surface area (Å²) in [5, 5.41) is 0. The third kappa shape index (κ3) is 5.16. The maximum absolute atomic E-state index is 12.4. The second kappa shape index (κ2) is 8.05. The lowest BCUT2D eigenvalue weighted by Crippen LogP contribution is -2.26. The lowest BCUT2D eigenvalue weighted by molar-refractivity contribution is -0.274. The van der Waals surface area contributed by atoms with E-state index in [4.69, 9.17) is 4.42 Å². The van der Waals surface area contributed by atoms with Crippen molar-refractivity contribution < 1.29 is 22.3 Å². The number of hydrogen-bond donors (Lipinski definition) is 0. The summed E-state index contributed by atoms with van der Waals surface area (Å²) in [6, 6.07) is 10.5. The quantitative estimate of drug-likeness (QED) is 0.554. The van der Waals surface area contributed by atoms with Crippen LogP contribution in [0.4, 0.5) is 13.2 Å². The molecule has 2 aromatic rings. The molecule has 29 heavy (non-hydrogen) atoms. The Morgan fingerprint density at radius 3 is 2.59 bits per heavy atom. The first-order valence-electron chi connectivity index (χ1n) is 10.4. The molecule has 3 atom stereocenters. The third-order valence-electron chi connectivity index (χ3n) is 6.47. The second-order valence-corrected chi connectivity index (χ2v) is 8.62. The minimum atomic E-state index is -4.64. The fraction of sp³-hybridized carbons (Fsp3) is 0.565. The number of ether oxygens (including phenoxy) is 1. The molecule has 4 rings (SSSR count). The fourth-order valence-electron chi connectivity index (χ4n) is 4.82. The zero-order chi connectivity index (χ0) is 20.6. The molecule has 2 aliphatic rings. The number of hydrogen-bond acceptors (Lipinski definition) is 3. The van der Waals surface area contributed by atoms with Crippen LogP contribution >= 0.6 is 0 Å². The Balaban J connectivity index is 1.18. The van der Waals surface area contributed by atoms with E-state index in [0.29, 0.717) is 11.8 Å². The number of furan rings is 1. The highest BCUT2D eigenvalue weighted by Crippen LogP contribution is 2.54. The van der Waals surface area contributed by atoms with E-state index in [1.165, 1.54) is 12.1 Å². The summed E-state index contributed by atoms with van der Waals surface area (Å²) >= 11 is 0. The van der Waals surface area contributed by atoms with Crippen LogP contribution in [0.25, 0.3) is 0 Å². The maximum atomic E-state index is 12.4. The summed E-state index contributed by atoms with van der Waals surface area (Å²) in [5.74, 6) is 4.56. The average Bonchev–Trinajstić information content (AvgIpc) is 2.99. The molecule has 6 heteroatoms. The molecule has 0 spiro atoms. The van der Waals surface area contributed by atoms with Crippen LogP contribution in [0, 0.1) is 24.7 Å². The lowest BCUT2D eigenvalue weighted by atomic mass is 10.0. The van der Waals surface area contributed by atoms with Crippen molar-refractivity contribution in [3.8, 4) is 5.75 Å². The Bertz CT molecular complexity index is 820. The van der Waals surface area contributed by atoms with E-state index in [9.17, 15) is 13.2 Å². The predicted molar refractivity (Wildman–Crippen MR) is 105 cm³/mol. The van der Waals surface area contributed by atoms with E-state index in [-0.39, 0.29) is 5.75 Å². The van der Waals surface area contributed by atoms with Gasteiger partial charge in [0.25, 0.3) is 0 Å². The Morgan fingerprint density at radius 2 is 1.93 bits per heavy atom. The number of halogens is 3. The van der Waals surface area contributed by atoms with Crippen molar-refractivity contribution in [2.24, 2.45) is 17.8 Å². The van der Waals surface area contributed by atoms with Crippen LogP contribution in [0.3, 0.4) is 0 Å². The van der Waals surface area contributed by atoms with Crippen molar-refractivity contribution >= 4 is 0 Å². The van der Waals surface area contributed by atoms with Gasteiger partial charge in [0.1, 0.15) is 17.3 Å². The van der Waals surface area contributed by atoms with Gasteiger partial charge in [0.05, 0.1) is 0 Å². The van der Waals surface area contributed by atoms with Crippen molar-refractivity contribution in [3.05, 3.63) is 53.5 Å². The molecular formula is C23H28F3NO2. The summed E-state index contributed by atoms with van der Waals surface area (Å²) in [7, 11) is 0. The first kappa shape index (κ1) is 20.3. The van der Waals surface area contributed by atoms with Crippen LogP contribution in [0.15, 0.2) is 40.8 Å². The van der Waals surface area contributed by atoms with Gasteiger partial charge in [-0.3, -0.25) is 0 Å². The molecular weight excluding hydrogens is 379 g/mol. The number of aryl methyl sites for hydroxylation is 2. The van der Waals surface area contributed by atoms with Gasteiger partial charge in [0.15, 0.2) is 0 Å². The number of piperidine rings is 1. The van der Waals surface area contributed by atoms with Gasteiger partial charge >= 0.3 is 6.36 Å². The molecule has 1 saturated heterocycles. The Kier molecular flexibility index (Phi) is 5.65. The van der Waals surface area contributed by atoms with Gasteiger partial charge < -0.3 is 14.1 Å². The summed E-state index contributed by atoms with van der Waals surface area (Å²) in [6.07, 6.45) is -1.69. The smallest absolute Gasteiger partial charge is 0.466 e. The minimum absolute atomic E-state index is 0.127. The molecule has 1 aromatic heterocycles. The molecule has 158 valence electrons. The Hall–Kier alpha value is -1.95. The van der Waals surface area contributed by atoms with Gasteiger partial charge in [-0.05, 0) is 80.3 Å². The summed E-state index contributed by atoms with van der Waals surface area (Å²) < 4.78 is 46.8. The molecule has 1 aromatic carbocycles. The van der Waals surface area contributed by atoms with Gasteiger partial charge in [-0.15, -0.1) is 13.2 Å². The van der Waals surface area contributed by atoms with Crippen molar-refractivity contribution in [2.75, 3.05) is 19.6 Å². The first-order valence-corrected chi connectivity index (χ1v) is 10.4. The molecule has 0 amide bonds. The second-order valence-electron chi connectivity index (χ2n) is 8.62. The molecule has 0 bridgehead atoms. The molecule has 2 fully saturated rings. The minimum Gasteiger partial charge on any atom is -0.466 e. The van der Waals surface area contributed by atoms with E-state index < -0.39 is 6.36 Å². The van der Waals surface area contributed by atoms with E-state index in [1.807, 2.05) is 19.1 Å². The van der Waals surface area contributed by atoms with Gasteiger partial charge in [0, 0.05) is 19.0 Å². The number of nitrogens with zero attached hydrogens (tertiary/aromatic N) is 1. The lowest BCUT2D eigenvalue weighted by Gasteiger charge is -2.21. The summed E-state index contributed by atoms with van der Waals surface area (Å²) in [4.78, 5) is 2.55. The Labute approximate surface area is 169 Å². The van der Waals surface area contributed by atoms with Gasteiger partial charge in [-0.2, -0.15) is 0 Å². The zero-order valence-corrected chi connectivity index (χ0v) is 16.9. The fourth-order valence-corrected chi connectivity index (χ4v) is 4.82. The van der Waals surface area contributed by atoms with E-state index in [2.05, 4.69) is 22.6 Å². The van der Waals surface area contributed by atoms with Gasteiger partial charge in [-0.1, -0.05) is 19.1 Å². The van der Waals surface area contributed by atoms with E-state index in [0.717, 1.165) is 67.8 Å². The third-order valence-corrected chi connectivity index (χ3v) is 6.47. The summed E-state index contributed by atoms with van der Waals surface area (Å²) in [5.41, 5.74) is 0.913. The highest BCUT2D eigenvalue weighted by Gasteiger charge is 2.54. The molecule has 0 radical (unpaired) electrons. The van der Waals surface area contributed by atoms with E-state index >= 15 is 0 Å². The Morgan fingerprint density at radius 1 is 1.17 bits per heavy atom. The number of likely N-dealkylation sites (tertiary alicyclic amines) is 1. The standard InChI is InChI=1S/C23H28F3NO2/c1-15(22-9-6-16(2)28-22)10-11-27-13-20-19(21(20)14-27)8-7-17-4-3-5-18(12-17)29-23(24,25)26/h3-6,9,12,15,19-21H,7-8,10-11,13-14H2,1-2H3. The first-order chi connectivity index (χ1) is 13.8. The zero-order valence-electron chi connectivity index (χ0n) is 16.9. The van der Waals surface area contributed by atoms with Crippen LogP contribution in [0.5, 0.6) is 5.75 Å². The molecule has 1 aliphatic carbocycles. The van der Waals surface area contributed by atoms with Crippen LogP contribution in [0.1, 0.15) is 42.8 Å². The number of fused-ring (bicyclic) bond motifs is 1. The number of alkyl halides is 3. The van der Waals surface area contributed by atoms with Crippen LogP contribution in [0.2, 0.25) is 0 Å². The molecule has 1 saturated carbocycles. The topological polar surface area (TPSA) is 25.6 Å². The number of rotatable bonds is 8. The normalized spacial score (nSPS) is 25.1. The van der Waals surface area contributed by atoms with Gasteiger partial charge in [-0.25, -0.2) is 0 Å². The molecule has 3 nitrogen and oxygen atoms in total. The van der Waals surface area contributed by atoms with Crippen LogP contribution in [-0.2, 0) is 6.42 Å². The van der Waals surface area contributed by atoms with Gasteiger partial charge in [0.2, 0.25) is 0 Å². The maximum Gasteiger partial charge on any atom is 0.573 e. The highest BCUT2D eigenvalue weighted by molar-refractivity contribution is 5.29. The van der Waals surface area contributed by atoms with Crippen LogP contribution < -0.4 is 4.74 Å². The predicted octanol–water partition coefficient (Wildman–Crippen LogP) is 5.79. The summed E-state index contributed by atoms with van der Waals surface area (Å²) in [6.45, 7) is 7.59. The largest absolute Gasteiger partial charge is 0.573 e. The van der Waals surface area contributed by atoms with Crippen LogP contribution in [-0.4, -0.2) is 30.9 Å². The highest BCUT2D eigenvalue weighted by atomic mass is 19.4. The molecule has 1 aliphatic heterocycles. The molecule has 3 unspecified atom stereocenters. The van der Waals surface area contributed by atoms with Crippen molar-refractivity contribution in [1.29, 1.82) is 0 Å². The number of benzene rings is 1. The van der Waals surface area contributed by atoms with E-state index in [1.54, 1.807) is 6.07 Å². The van der Waals surface area contributed by atoms with Crippen molar-refractivity contribution in [1.82, 2.24) is 4.90 Å².